The van der Waals surface area contributed by atoms with Crippen molar-refractivity contribution >= 4 is 10.9 Å². The summed E-state index contributed by atoms with van der Waals surface area (Å²) in [6, 6.07) is 8.49. The van der Waals surface area contributed by atoms with E-state index in [2.05, 4.69) is 49.6 Å². The number of hydrogen-bond donors (Lipinski definition) is 2. The van der Waals surface area contributed by atoms with Gasteiger partial charge in [-0.25, -0.2) is 0 Å². The molecule has 2 rings (SSSR count). The summed E-state index contributed by atoms with van der Waals surface area (Å²) < 4.78 is 2.20. The Labute approximate surface area is 102 Å². The number of rotatable bonds is 3. The van der Waals surface area contributed by atoms with Crippen molar-refractivity contribution in [3.8, 4) is 0 Å². The van der Waals surface area contributed by atoms with Gasteiger partial charge in [-0.3, -0.25) is 0 Å². The highest BCUT2D eigenvalue weighted by Gasteiger charge is 2.16. The van der Waals surface area contributed by atoms with Crippen molar-refractivity contribution in [1.82, 2.24) is 4.57 Å². The number of benzene rings is 1. The minimum atomic E-state index is -0.315. The lowest BCUT2D eigenvalue weighted by Gasteiger charge is -2.17. The van der Waals surface area contributed by atoms with Gasteiger partial charge in [-0.2, -0.15) is 0 Å². The predicted octanol–water partition coefficient (Wildman–Crippen LogP) is 2.52. The SMILES string of the molecule is Cc1ccc2c(c1)cc(C(N)CO)n2C(C)C. The van der Waals surface area contributed by atoms with Gasteiger partial charge in [-0.1, -0.05) is 11.6 Å². The molecule has 1 heterocycles. The van der Waals surface area contributed by atoms with Crippen LogP contribution in [0.25, 0.3) is 10.9 Å². The third kappa shape index (κ3) is 2.08. The van der Waals surface area contributed by atoms with E-state index in [0.717, 1.165) is 5.69 Å². The minimum Gasteiger partial charge on any atom is -0.394 e. The smallest absolute Gasteiger partial charge is 0.0685 e. The van der Waals surface area contributed by atoms with Crippen molar-refractivity contribution in [2.75, 3.05) is 6.61 Å². The van der Waals surface area contributed by atoms with Crippen LogP contribution < -0.4 is 5.73 Å². The molecule has 0 saturated heterocycles. The lowest BCUT2D eigenvalue weighted by Crippen LogP contribution is -2.19. The third-order valence-electron chi connectivity index (χ3n) is 3.12. The average Bonchev–Trinajstić information content (AvgIpc) is 2.66. The summed E-state index contributed by atoms with van der Waals surface area (Å²) in [6.45, 7) is 6.32. The number of aliphatic hydroxyl groups excluding tert-OH is 1. The Morgan fingerprint density at radius 2 is 2.00 bits per heavy atom. The van der Waals surface area contributed by atoms with Crippen LogP contribution in [0.2, 0.25) is 0 Å². The van der Waals surface area contributed by atoms with Crippen LogP contribution in [-0.2, 0) is 0 Å². The summed E-state index contributed by atoms with van der Waals surface area (Å²) in [5.41, 5.74) is 9.39. The predicted molar refractivity (Wildman–Crippen MR) is 71.1 cm³/mol. The monoisotopic (exact) mass is 232 g/mol. The molecule has 1 aromatic heterocycles. The molecule has 0 bridgehead atoms. The van der Waals surface area contributed by atoms with E-state index in [0.29, 0.717) is 6.04 Å². The van der Waals surface area contributed by atoms with Crippen LogP contribution >= 0.6 is 0 Å². The summed E-state index contributed by atoms with van der Waals surface area (Å²) in [5.74, 6) is 0. The molecule has 0 spiro atoms. The number of fused-ring (bicyclic) bond motifs is 1. The fourth-order valence-electron chi connectivity index (χ4n) is 2.33. The largest absolute Gasteiger partial charge is 0.394 e. The Bertz CT molecular complexity index is 528. The molecular formula is C14H20N2O. The summed E-state index contributed by atoms with van der Waals surface area (Å²) >= 11 is 0. The number of aromatic nitrogens is 1. The zero-order chi connectivity index (χ0) is 12.6. The zero-order valence-electron chi connectivity index (χ0n) is 10.6. The molecular weight excluding hydrogens is 212 g/mol. The lowest BCUT2D eigenvalue weighted by atomic mass is 10.1. The molecule has 3 nitrogen and oxygen atoms in total. The molecule has 0 aliphatic heterocycles. The molecule has 2 aromatic rings. The van der Waals surface area contributed by atoms with Gasteiger partial charge in [0.2, 0.25) is 0 Å². The first-order valence-corrected chi connectivity index (χ1v) is 6.02. The fraction of sp³-hybridized carbons (Fsp3) is 0.429. The van der Waals surface area contributed by atoms with Crippen LogP contribution in [0.1, 0.15) is 37.2 Å². The molecule has 0 saturated carbocycles. The van der Waals surface area contributed by atoms with Crippen LogP contribution in [0.5, 0.6) is 0 Å². The zero-order valence-corrected chi connectivity index (χ0v) is 10.6. The third-order valence-corrected chi connectivity index (χ3v) is 3.12. The van der Waals surface area contributed by atoms with Crippen molar-refractivity contribution in [2.45, 2.75) is 32.9 Å². The highest BCUT2D eigenvalue weighted by Crippen LogP contribution is 2.27. The van der Waals surface area contributed by atoms with E-state index < -0.39 is 0 Å². The van der Waals surface area contributed by atoms with Gasteiger partial charge in [0, 0.05) is 22.6 Å². The molecule has 0 aliphatic carbocycles. The topological polar surface area (TPSA) is 51.2 Å². The second-order valence-electron chi connectivity index (χ2n) is 4.88. The quantitative estimate of drug-likeness (QED) is 0.854. The van der Waals surface area contributed by atoms with Gasteiger partial charge in [0.25, 0.3) is 0 Å². The van der Waals surface area contributed by atoms with Gasteiger partial charge in [0.05, 0.1) is 12.6 Å². The Hall–Kier alpha value is -1.32. The molecule has 92 valence electrons. The Balaban J connectivity index is 2.70. The standard InChI is InChI=1S/C14H20N2O/c1-9(2)16-13-5-4-10(3)6-11(13)7-14(16)12(15)8-17/h4-7,9,12,17H,8,15H2,1-3H3. The first-order valence-electron chi connectivity index (χ1n) is 6.02. The van der Waals surface area contributed by atoms with Crippen LogP contribution in [-0.4, -0.2) is 16.3 Å². The molecule has 1 atom stereocenters. The Morgan fingerprint density at radius 3 is 2.59 bits per heavy atom. The van der Waals surface area contributed by atoms with Crippen molar-refractivity contribution in [2.24, 2.45) is 5.73 Å². The number of hydrogen-bond acceptors (Lipinski definition) is 2. The molecule has 17 heavy (non-hydrogen) atoms. The summed E-state index contributed by atoms with van der Waals surface area (Å²) in [7, 11) is 0. The van der Waals surface area contributed by atoms with Gasteiger partial charge in [0.1, 0.15) is 0 Å². The maximum absolute atomic E-state index is 9.24. The maximum Gasteiger partial charge on any atom is 0.0685 e. The molecule has 3 heteroatoms. The summed E-state index contributed by atoms with van der Waals surface area (Å²) in [6.07, 6.45) is 0. The molecule has 0 amide bonds. The van der Waals surface area contributed by atoms with Gasteiger partial charge in [-0.05, 0) is 39.0 Å². The number of nitrogens with two attached hydrogens (primary N) is 1. The first kappa shape index (κ1) is 12.1. The van der Waals surface area contributed by atoms with Crippen LogP contribution in [0.15, 0.2) is 24.3 Å². The van der Waals surface area contributed by atoms with Gasteiger partial charge < -0.3 is 15.4 Å². The number of nitrogens with zero attached hydrogens (tertiary/aromatic N) is 1. The van der Waals surface area contributed by atoms with Crippen molar-refractivity contribution in [3.63, 3.8) is 0 Å². The van der Waals surface area contributed by atoms with E-state index in [9.17, 15) is 5.11 Å². The van der Waals surface area contributed by atoms with E-state index in [1.54, 1.807) is 0 Å². The second-order valence-corrected chi connectivity index (χ2v) is 4.88. The van der Waals surface area contributed by atoms with Crippen LogP contribution in [0.3, 0.4) is 0 Å². The normalized spacial score (nSPS) is 13.5. The maximum atomic E-state index is 9.24. The van der Waals surface area contributed by atoms with E-state index in [1.165, 1.54) is 16.5 Å². The highest BCUT2D eigenvalue weighted by atomic mass is 16.3. The fourth-order valence-corrected chi connectivity index (χ4v) is 2.33. The molecule has 0 aliphatic rings. The van der Waals surface area contributed by atoms with E-state index >= 15 is 0 Å². The van der Waals surface area contributed by atoms with E-state index in [1.807, 2.05) is 0 Å². The lowest BCUT2D eigenvalue weighted by molar-refractivity contribution is 0.262. The Morgan fingerprint density at radius 1 is 1.29 bits per heavy atom. The number of aliphatic hydroxyl groups is 1. The second kappa shape index (κ2) is 4.51. The summed E-state index contributed by atoms with van der Waals surface area (Å²) in [5, 5.41) is 10.4. The van der Waals surface area contributed by atoms with E-state index in [4.69, 9.17) is 5.73 Å². The molecule has 1 unspecified atom stereocenters. The first-order chi connectivity index (χ1) is 8.04. The summed E-state index contributed by atoms with van der Waals surface area (Å²) in [4.78, 5) is 0. The molecule has 0 fully saturated rings. The van der Waals surface area contributed by atoms with Crippen LogP contribution in [0, 0.1) is 6.92 Å². The average molecular weight is 232 g/mol. The molecule has 0 radical (unpaired) electrons. The molecule has 3 N–H and O–H groups in total. The molecule has 1 aromatic carbocycles. The number of aryl methyl sites for hydroxylation is 1. The minimum absolute atomic E-state index is 0.0258. The van der Waals surface area contributed by atoms with Gasteiger partial charge in [0.15, 0.2) is 0 Å². The van der Waals surface area contributed by atoms with Gasteiger partial charge >= 0.3 is 0 Å². The van der Waals surface area contributed by atoms with Crippen molar-refractivity contribution < 1.29 is 5.11 Å². The Kier molecular flexibility index (Phi) is 3.22. The van der Waals surface area contributed by atoms with Crippen LogP contribution in [0.4, 0.5) is 0 Å². The highest BCUT2D eigenvalue weighted by molar-refractivity contribution is 5.82. The van der Waals surface area contributed by atoms with Crippen molar-refractivity contribution in [3.05, 3.63) is 35.5 Å². The van der Waals surface area contributed by atoms with Gasteiger partial charge in [-0.15, -0.1) is 0 Å². The van der Waals surface area contributed by atoms with Crippen molar-refractivity contribution in [1.29, 1.82) is 0 Å². The van der Waals surface area contributed by atoms with E-state index in [-0.39, 0.29) is 12.6 Å².